The molecule has 1 fully saturated rings. The van der Waals surface area contributed by atoms with Crippen molar-refractivity contribution in [2.45, 2.75) is 45.0 Å². The molecule has 0 radical (unpaired) electrons. The summed E-state index contributed by atoms with van der Waals surface area (Å²) in [7, 11) is 0. The zero-order chi connectivity index (χ0) is 24.3. The molecule has 0 saturated carbocycles. The number of nitrogens with two attached hydrogens (primary N) is 1. The summed E-state index contributed by atoms with van der Waals surface area (Å²) in [6.45, 7) is 8.47. The molecule has 1 saturated heterocycles. The number of ether oxygens (including phenoxy) is 3. The number of aromatic amines is 1. The molecule has 1 aliphatic heterocycles. The molecule has 8 nitrogen and oxygen atoms in total. The number of fused-ring (bicyclic) bond motifs is 4. The van der Waals surface area contributed by atoms with Gasteiger partial charge in [0.1, 0.15) is 11.9 Å². The van der Waals surface area contributed by atoms with E-state index in [-0.39, 0.29) is 24.4 Å². The van der Waals surface area contributed by atoms with Crippen molar-refractivity contribution in [3.8, 4) is 5.75 Å². The number of rotatable bonds is 5. The summed E-state index contributed by atoms with van der Waals surface area (Å²) in [6.07, 6.45) is -0.185. The summed E-state index contributed by atoms with van der Waals surface area (Å²) < 4.78 is 17.0. The molecule has 2 aliphatic rings. The van der Waals surface area contributed by atoms with Crippen LogP contribution in [0.3, 0.4) is 0 Å². The van der Waals surface area contributed by atoms with Crippen LogP contribution in [-0.4, -0.2) is 48.3 Å². The van der Waals surface area contributed by atoms with E-state index < -0.39 is 11.2 Å². The van der Waals surface area contributed by atoms with Gasteiger partial charge in [0.25, 0.3) is 5.91 Å². The molecule has 1 aromatic heterocycles. The van der Waals surface area contributed by atoms with Gasteiger partial charge in [-0.3, -0.25) is 9.59 Å². The van der Waals surface area contributed by atoms with E-state index in [1.807, 2.05) is 32.0 Å². The molecule has 1 unspecified atom stereocenters. The SMILES string of the molecule is CC1(C)OCC(CNC(=O)COc2ccc3c(c2)C(C)(C)c2[nH]c4cc(N)ccc4c2C3=O)O1. The van der Waals surface area contributed by atoms with Gasteiger partial charge in [-0.15, -0.1) is 0 Å². The van der Waals surface area contributed by atoms with Crippen LogP contribution in [0, 0.1) is 0 Å². The second kappa shape index (κ2) is 7.85. The molecule has 5 rings (SSSR count). The van der Waals surface area contributed by atoms with Gasteiger partial charge in [0.2, 0.25) is 0 Å². The molecule has 3 aromatic rings. The summed E-state index contributed by atoms with van der Waals surface area (Å²) in [5.74, 6) is -0.389. The van der Waals surface area contributed by atoms with Crippen molar-refractivity contribution in [1.82, 2.24) is 10.3 Å². The molecule has 0 spiro atoms. The minimum absolute atomic E-state index is 0.0358. The van der Waals surface area contributed by atoms with Crippen molar-refractivity contribution < 1.29 is 23.8 Å². The first kappa shape index (κ1) is 22.4. The number of carbonyl (C=O) groups excluding carboxylic acids is 2. The second-order valence-electron chi connectivity index (χ2n) is 9.88. The van der Waals surface area contributed by atoms with Crippen LogP contribution in [0.15, 0.2) is 36.4 Å². The first-order chi connectivity index (χ1) is 16.0. The lowest BCUT2D eigenvalue weighted by molar-refractivity contribution is -0.139. The van der Waals surface area contributed by atoms with Gasteiger partial charge in [-0.2, -0.15) is 0 Å². The third-order valence-electron chi connectivity index (χ3n) is 6.55. The predicted molar refractivity (Wildman–Crippen MR) is 128 cm³/mol. The highest BCUT2D eigenvalue weighted by Crippen LogP contribution is 2.44. The van der Waals surface area contributed by atoms with E-state index in [9.17, 15) is 9.59 Å². The molecular weight excluding hydrogens is 434 g/mol. The number of hydrogen-bond donors (Lipinski definition) is 3. The Balaban J connectivity index is 1.32. The Kier molecular flexibility index (Phi) is 5.18. The Morgan fingerprint density at radius 1 is 1.21 bits per heavy atom. The van der Waals surface area contributed by atoms with Crippen LogP contribution in [0.5, 0.6) is 5.75 Å². The first-order valence-corrected chi connectivity index (χ1v) is 11.4. The number of nitrogen functional groups attached to an aromatic ring is 1. The van der Waals surface area contributed by atoms with Crippen molar-refractivity contribution in [2.75, 3.05) is 25.5 Å². The van der Waals surface area contributed by atoms with Crippen LogP contribution in [0.2, 0.25) is 0 Å². The van der Waals surface area contributed by atoms with Gasteiger partial charge < -0.3 is 30.2 Å². The molecule has 178 valence electrons. The number of hydrogen-bond acceptors (Lipinski definition) is 6. The summed E-state index contributed by atoms with van der Waals surface area (Å²) >= 11 is 0. The maximum atomic E-state index is 13.4. The average Bonchev–Trinajstić information content (AvgIpc) is 3.34. The Morgan fingerprint density at radius 2 is 2.00 bits per heavy atom. The van der Waals surface area contributed by atoms with Crippen LogP contribution in [0.4, 0.5) is 5.69 Å². The topological polar surface area (TPSA) is 116 Å². The van der Waals surface area contributed by atoms with E-state index in [4.69, 9.17) is 19.9 Å². The molecule has 1 atom stereocenters. The number of anilines is 1. The zero-order valence-corrected chi connectivity index (χ0v) is 19.8. The van der Waals surface area contributed by atoms with Gasteiger partial charge in [0.15, 0.2) is 18.2 Å². The minimum atomic E-state index is -0.628. The van der Waals surface area contributed by atoms with E-state index in [0.717, 1.165) is 22.2 Å². The van der Waals surface area contributed by atoms with Gasteiger partial charge in [-0.1, -0.05) is 19.9 Å². The Labute approximate surface area is 197 Å². The van der Waals surface area contributed by atoms with E-state index in [2.05, 4.69) is 24.1 Å². The zero-order valence-electron chi connectivity index (χ0n) is 19.8. The average molecular weight is 464 g/mol. The molecule has 2 aromatic carbocycles. The minimum Gasteiger partial charge on any atom is -0.484 e. The molecule has 2 heterocycles. The quantitative estimate of drug-likeness (QED) is 0.500. The van der Waals surface area contributed by atoms with E-state index in [1.165, 1.54) is 0 Å². The fraction of sp³-hybridized carbons (Fsp3) is 0.385. The molecule has 8 heteroatoms. The van der Waals surface area contributed by atoms with Crippen molar-refractivity contribution >= 4 is 28.3 Å². The summed E-state index contributed by atoms with van der Waals surface area (Å²) in [4.78, 5) is 29.1. The first-order valence-electron chi connectivity index (χ1n) is 11.4. The van der Waals surface area contributed by atoms with Crippen molar-refractivity contribution in [3.63, 3.8) is 0 Å². The number of carbonyl (C=O) groups is 2. The summed E-state index contributed by atoms with van der Waals surface area (Å²) in [5, 5.41) is 3.68. The maximum Gasteiger partial charge on any atom is 0.258 e. The number of H-pyrrole nitrogens is 1. The van der Waals surface area contributed by atoms with Crippen molar-refractivity contribution in [1.29, 1.82) is 0 Å². The highest BCUT2D eigenvalue weighted by molar-refractivity contribution is 6.20. The molecule has 1 amide bonds. The lowest BCUT2D eigenvalue weighted by Crippen LogP contribution is -2.37. The fourth-order valence-corrected chi connectivity index (χ4v) is 4.81. The monoisotopic (exact) mass is 463 g/mol. The van der Waals surface area contributed by atoms with Gasteiger partial charge in [0, 0.05) is 39.8 Å². The fourth-order valence-electron chi connectivity index (χ4n) is 4.81. The second-order valence-corrected chi connectivity index (χ2v) is 9.88. The lowest BCUT2D eigenvalue weighted by Gasteiger charge is -2.32. The molecule has 4 N–H and O–H groups in total. The standard InChI is InChI=1S/C26H29N3O5/c1-25(2)19-10-15(32-13-21(30)28-11-16-12-33-26(3,4)34-16)6-8-17(19)23(31)22-18-7-5-14(27)9-20(18)29-24(22)25/h5-10,16,29H,11-13,27H2,1-4H3,(H,28,30). The van der Waals surface area contributed by atoms with Crippen molar-refractivity contribution in [2.24, 2.45) is 0 Å². The number of benzene rings is 2. The third kappa shape index (κ3) is 3.82. The number of aromatic nitrogens is 1. The van der Waals surface area contributed by atoms with E-state index in [1.54, 1.807) is 18.2 Å². The molecule has 0 bridgehead atoms. The lowest BCUT2D eigenvalue weighted by atomic mass is 9.71. The van der Waals surface area contributed by atoms with Crippen LogP contribution in [0.1, 0.15) is 54.9 Å². The van der Waals surface area contributed by atoms with E-state index in [0.29, 0.717) is 35.7 Å². The highest BCUT2D eigenvalue weighted by Gasteiger charge is 2.40. The van der Waals surface area contributed by atoms with Gasteiger partial charge in [0.05, 0.1) is 12.2 Å². The third-order valence-corrected chi connectivity index (χ3v) is 6.55. The van der Waals surface area contributed by atoms with Gasteiger partial charge >= 0.3 is 0 Å². The van der Waals surface area contributed by atoms with Crippen molar-refractivity contribution in [3.05, 3.63) is 58.8 Å². The maximum absolute atomic E-state index is 13.4. The Bertz CT molecular complexity index is 1310. The van der Waals surface area contributed by atoms with Gasteiger partial charge in [-0.05, 0) is 49.7 Å². The van der Waals surface area contributed by atoms with E-state index >= 15 is 0 Å². The summed E-state index contributed by atoms with van der Waals surface area (Å²) in [6, 6.07) is 10.9. The van der Waals surface area contributed by atoms with Gasteiger partial charge in [-0.25, -0.2) is 0 Å². The summed E-state index contributed by atoms with van der Waals surface area (Å²) in [5.41, 5.74) is 9.97. The molecule has 34 heavy (non-hydrogen) atoms. The normalized spacial score (nSPS) is 20.1. The predicted octanol–water partition coefficient (Wildman–Crippen LogP) is 3.27. The smallest absolute Gasteiger partial charge is 0.258 e. The van der Waals surface area contributed by atoms with Crippen LogP contribution in [0.25, 0.3) is 10.9 Å². The molecule has 1 aliphatic carbocycles. The highest BCUT2D eigenvalue weighted by atomic mass is 16.7. The number of nitrogens with one attached hydrogen (secondary N) is 2. The van der Waals surface area contributed by atoms with Crippen LogP contribution < -0.4 is 15.8 Å². The molecular formula is C26H29N3O5. The number of amides is 1. The largest absolute Gasteiger partial charge is 0.484 e. The van der Waals surface area contributed by atoms with Crippen LogP contribution in [-0.2, 0) is 19.7 Å². The number of ketones is 1. The van der Waals surface area contributed by atoms with Crippen LogP contribution >= 0.6 is 0 Å². The Morgan fingerprint density at radius 3 is 2.74 bits per heavy atom. The Hall–Kier alpha value is -3.36.